The van der Waals surface area contributed by atoms with Crippen molar-refractivity contribution in [3.63, 3.8) is 0 Å². The van der Waals surface area contributed by atoms with Crippen molar-refractivity contribution in [1.29, 1.82) is 0 Å². The van der Waals surface area contributed by atoms with Gasteiger partial charge in [-0.2, -0.15) is 0 Å². The van der Waals surface area contributed by atoms with Gasteiger partial charge in [0, 0.05) is 17.0 Å². The van der Waals surface area contributed by atoms with Gasteiger partial charge in [-0.1, -0.05) is 12.1 Å². The van der Waals surface area contributed by atoms with Gasteiger partial charge in [0.25, 0.3) is 0 Å². The zero-order valence-electron chi connectivity index (χ0n) is 14.1. The number of nitrogens with two attached hydrogens (primary N) is 1. The molecule has 3 rings (SSSR count). The summed E-state index contributed by atoms with van der Waals surface area (Å²) in [5.74, 6) is 0.667. The Balaban J connectivity index is 1.82. The number of nitrogens with one attached hydrogen (secondary N) is 1. The molecule has 0 radical (unpaired) electrons. The number of anilines is 1. The zero-order chi connectivity index (χ0) is 17.1. The van der Waals surface area contributed by atoms with Gasteiger partial charge >= 0.3 is 0 Å². The molecule has 1 fully saturated rings. The fraction of sp³-hybridized carbons (Fsp3) is 0.474. The molecule has 0 bridgehead atoms. The molecule has 1 saturated carbocycles. The zero-order valence-corrected chi connectivity index (χ0v) is 14.1. The SMILES string of the molecule is Cc1cc(CO)c2cccc(NC(=O)C3CCC(CN)CC3)c2n1. The Kier molecular flexibility index (Phi) is 5.11. The van der Waals surface area contributed by atoms with E-state index in [4.69, 9.17) is 5.73 Å². The van der Waals surface area contributed by atoms with Crippen LogP contribution in [0.4, 0.5) is 5.69 Å². The number of amides is 1. The maximum absolute atomic E-state index is 12.6. The third kappa shape index (κ3) is 3.42. The van der Waals surface area contributed by atoms with Crippen LogP contribution in [0, 0.1) is 18.8 Å². The molecule has 5 heteroatoms. The topological polar surface area (TPSA) is 88.2 Å². The Labute approximate surface area is 142 Å². The van der Waals surface area contributed by atoms with Gasteiger partial charge in [-0.15, -0.1) is 0 Å². The minimum absolute atomic E-state index is 0.0413. The van der Waals surface area contributed by atoms with Crippen LogP contribution in [0.3, 0.4) is 0 Å². The van der Waals surface area contributed by atoms with E-state index in [1.165, 1.54) is 0 Å². The highest BCUT2D eigenvalue weighted by atomic mass is 16.3. The van der Waals surface area contributed by atoms with Crippen LogP contribution in [0.2, 0.25) is 0 Å². The van der Waals surface area contributed by atoms with Crippen molar-refractivity contribution in [2.24, 2.45) is 17.6 Å². The first-order valence-electron chi connectivity index (χ1n) is 8.63. The Bertz CT molecular complexity index is 737. The third-order valence-electron chi connectivity index (χ3n) is 5.03. The van der Waals surface area contributed by atoms with E-state index in [9.17, 15) is 9.90 Å². The number of pyridine rings is 1. The van der Waals surface area contributed by atoms with Gasteiger partial charge in [-0.25, -0.2) is 0 Å². The summed E-state index contributed by atoms with van der Waals surface area (Å²) in [6, 6.07) is 7.57. The van der Waals surface area contributed by atoms with Gasteiger partial charge in [0.05, 0.1) is 17.8 Å². The van der Waals surface area contributed by atoms with Crippen LogP contribution in [-0.2, 0) is 11.4 Å². The summed E-state index contributed by atoms with van der Waals surface area (Å²) in [6.07, 6.45) is 3.84. The lowest BCUT2D eigenvalue weighted by atomic mass is 9.81. The summed E-state index contributed by atoms with van der Waals surface area (Å²) >= 11 is 0. The molecule has 0 saturated heterocycles. The van der Waals surface area contributed by atoms with Crippen LogP contribution >= 0.6 is 0 Å². The van der Waals surface area contributed by atoms with Gasteiger partial charge < -0.3 is 16.2 Å². The van der Waals surface area contributed by atoms with Gasteiger partial charge in [0.1, 0.15) is 0 Å². The first-order chi connectivity index (χ1) is 11.6. The van der Waals surface area contributed by atoms with Crippen molar-refractivity contribution in [1.82, 2.24) is 4.98 Å². The highest BCUT2D eigenvalue weighted by molar-refractivity contribution is 6.02. The van der Waals surface area contributed by atoms with E-state index in [1.807, 2.05) is 31.2 Å². The van der Waals surface area contributed by atoms with E-state index >= 15 is 0 Å². The maximum Gasteiger partial charge on any atom is 0.227 e. The van der Waals surface area contributed by atoms with Crippen molar-refractivity contribution >= 4 is 22.5 Å². The molecule has 128 valence electrons. The number of nitrogens with zero attached hydrogens (tertiary/aromatic N) is 1. The number of carbonyl (C=O) groups excluding carboxylic acids is 1. The van der Waals surface area contributed by atoms with Crippen molar-refractivity contribution < 1.29 is 9.90 Å². The van der Waals surface area contributed by atoms with E-state index < -0.39 is 0 Å². The number of aliphatic hydroxyl groups is 1. The molecule has 0 aliphatic heterocycles. The highest BCUT2D eigenvalue weighted by Crippen LogP contribution is 2.30. The first-order valence-corrected chi connectivity index (χ1v) is 8.63. The van der Waals surface area contributed by atoms with E-state index in [1.54, 1.807) is 0 Å². The molecular formula is C19H25N3O2. The second kappa shape index (κ2) is 7.28. The van der Waals surface area contributed by atoms with E-state index in [0.717, 1.165) is 53.5 Å². The van der Waals surface area contributed by atoms with E-state index in [0.29, 0.717) is 12.5 Å². The van der Waals surface area contributed by atoms with Gasteiger partial charge in [0.2, 0.25) is 5.91 Å². The second-order valence-electron chi connectivity index (χ2n) is 6.73. The first kappa shape index (κ1) is 16.9. The second-order valence-corrected chi connectivity index (χ2v) is 6.73. The molecule has 4 N–H and O–H groups in total. The standard InChI is InChI=1S/C19H25N3O2/c1-12-9-15(11-23)16-3-2-4-17(18(16)21-12)22-19(24)14-7-5-13(10-20)6-8-14/h2-4,9,13-14,23H,5-8,10-11,20H2,1H3,(H,22,24). The molecule has 1 amide bonds. The van der Waals surface area contributed by atoms with Crippen LogP contribution < -0.4 is 11.1 Å². The Morgan fingerprint density at radius 1 is 1.33 bits per heavy atom. The van der Waals surface area contributed by atoms with Crippen LogP contribution in [0.25, 0.3) is 10.9 Å². The minimum Gasteiger partial charge on any atom is -0.392 e. The molecule has 1 heterocycles. The number of aryl methyl sites for hydroxylation is 1. The summed E-state index contributed by atoms with van der Waals surface area (Å²) < 4.78 is 0. The summed E-state index contributed by atoms with van der Waals surface area (Å²) in [4.78, 5) is 17.2. The third-order valence-corrected chi connectivity index (χ3v) is 5.03. The van der Waals surface area contributed by atoms with Crippen LogP contribution in [0.1, 0.15) is 36.9 Å². The molecule has 1 aromatic heterocycles. The number of fused-ring (bicyclic) bond motifs is 1. The predicted molar refractivity (Wildman–Crippen MR) is 95.5 cm³/mol. The minimum atomic E-state index is -0.0413. The van der Waals surface area contributed by atoms with Gasteiger partial charge in [0.15, 0.2) is 0 Å². The maximum atomic E-state index is 12.6. The summed E-state index contributed by atoms with van der Waals surface area (Å²) in [6.45, 7) is 2.57. The Morgan fingerprint density at radius 3 is 2.75 bits per heavy atom. The monoisotopic (exact) mass is 327 g/mol. The highest BCUT2D eigenvalue weighted by Gasteiger charge is 2.26. The Morgan fingerprint density at radius 2 is 2.08 bits per heavy atom. The number of hydrogen-bond donors (Lipinski definition) is 3. The lowest BCUT2D eigenvalue weighted by Crippen LogP contribution is -2.29. The van der Waals surface area contributed by atoms with Gasteiger partial charge in [-0.05, 0) is 62.8 Å². The average molecular weight is 327 g/mol. The fourth-order valence-electron chi connectivity index (χ4n) is 3.59. The van der Waals surface area contributed by atoms with Crippen molar-refractivity contribution in [2.75, 3.05) is 11.9 Å². The summed E-state index contributed by atoms with van der Waals surface area (Å²) in [5, 5.41) is 13.5. The molecule has 0 spiro atoms. The van der Waals surface area contributed by atoms with Crippen molar-refractivity contribution in [2.45, 2.75) is 39.2 Å². The summed E-state index contributed by atoms with van der Waals surface area (Å²) in [5.41, 5.74) is 8.84. The molecule has 2 aromatic rings. The number of aromatic nitrogens is 1. The van der Waals surface area contributed by atoms with Crippen molar-refractivity contribution in [3.05, 3.63) is 35.5 Å². The van der Waals surface area contributed by atoms with Crippen LogP contribution in [0.5, 0.6) is 0 Å². The average Bonchev–Trinajstić information content (AvgIpc) is 2.61. The quantitative estimate of drug-likeness (QED) is 0.805. The van der Waals surface area contributed by atoms with Crippen LogP contribution in [0.15, 0.2) is 24.3 Å². The Hall–Kier alpha value is -1.98. The van der Waals surface area contributed by atoms with E-state index in [-0.39, 0.29) is 18.4 Å². The molecule has 1 aliphatic carbocycles. The molecule has 24 heavy (non-hydrogen) atoms. The fourth-order valence-corrected chi connectivity index (χ4v) is 3.59. The van der Waals surface area contributed by atoms with Crippen LogP contribution in [-0.4, -0.2) is 22.5 Å². The number of rotatable bonds is 4. The van der Waals surface area contributed by atoms with Crippen molar-refractivity contribution in [3.8, 4) is 0 Å². The molecule has 5 nitrogen and oxygen atoms in total. The largest absolute Gasteiger partial charge is 0.392 e. The van der Waals surface area contributed by atoms with E-state index in [2.05, 4.69) is 10.3 Å². The molecule has 1 aliphatic rings. The lowest BCUT2D eigenvalue weighted by Gasteiger charge is -2.26. The molecular weight excluding hydrogens is 302 g/mol. The summed E-state index contributed by atoms with van der Waals surface area (Å²) in [7, 11) is 0. The lowest BCUT2D eigenvalue weighted by molar-refractivity contribution is -0.121. The number of benzene rings is 1. The number of hydrogen-bond acceptors (Lipinski definition) is 4. The number of para-hydroxylation sites is 1. The van der Waals surface area contributed by atoms with Gasteiger partial charge in [-0.3, -0.25) is 9.78 Å². The molecule has 0 unspecified atom stereocenters. The smallest absolute Gasteiger partial charge is 0.227 e. The molecule has 0 atom stereocenters. The number of aliphatic hydroxyl groups excluding tert-OH is 1. The number of carbonyl (C=O) groups is 1. The normalized spacial score (nSPS) is 21.0. The predicted octanol–water partition coefficient (Wildman–Crippen LogP) is 2.74. The molecule has 1 aromatic carbocycles.